The second-order valence-electron chi connectivity index (χ2n) is 3.83. The Hall–Kier alpha value is -1.60. The summed E-state index contributed by atoms with van der Waals surface area (Å²) in [5, 5.41) is 17.9. The maximum absolute atomic E-state index is 11.6. The molecule has 0 amide bonds. The van der Waals surface area contributed by atoms with Gasteiger partial charge in [0.25, 0.3) is 0 Å². The van der Waals surface area contributed by atoms with Crippen molar-refractivity contribution < 1.29 is 23.4 Å². The molecule has 0 saturated heterocycles. The van der Waals surface area contributed by atoms with Gasteiger partial charge in [-0.25, -0.2) is 8.42 Å². The van der Waals surface area contributed by atoms with Crippen molar-refractivity contribution in [2.24, 2.45) is 0 Å². The van der Waals surface area contributed by atoms with Crippen LogP contribution in [0.2, 0.25) is 0 Å². The van der Waals surface area contributed by atoms with Crippen LogP contribution < -0.4 is 4.72 Å². The first-order chi connectivity index (χ1) is 8.32. The van der Waals surface area contributed by atoms with Gasteiger partial charge in [0.2, 0.25) is 10.0 Å². The second kappa shape index (κ2) is 5.83. The van der Waals surface area contributed by atoms with Crippen LogP contribution in [-0.2, 0) is 14.8 Å². The standard InChI is InChI=1S/C11H15NO5S/c1-8(13)9-4-2-3-5-10(9)12-18(16,17)7-6-11(14)15/h2-5,8,12-13H,6-7H2,1H3,(H,14,15). The largest absolute Gasteiger partial charge is 0.481 e. The number of benzene rings is 1. The fourth-order valence-electron chi connectivity index (χ4n) is 1.39. The highest BCUT2D eigenvalue weighted by atomic mass is 32.2. The molecule has 3 N–H and O–H groups in total. The number of nitrogens with one attached hydrogen (secondary N) is 1. The molecule has 0 fully saturated rings. The van der Waals surface area contributed by atoms with Gasteiger partial charge in [-0.2, -0.15) is 0 Å². The molecule has 0 heterocycles. The molecule has 0 aliphatic rings. The average Bonchev–Trinajstić information content (AvgIpc) is 2.26. The molecule has 1 aromatic rings. The monoisotopic (exact) mass is 273 g/mol. The van der Waals surface area contributed by atoms with E-state index in [0.717, 1.165) is 0 Å². The van der Waals surface area contributed by atoms with E-state index in [1.807, 2.05) is 0 Å². The third-order valence-electron chi connectivity index (χ3n) is 2.26. The zero-order chi connectivity index (χ0) is 13.8. The quantitative estimate of drug-likeness (QED) is 0.716. The van der Waals surface area contributed by atoms with E-state index in [1.54, 1.807) is 18.2 Å². The Labute approximate surface area is 105 Å². The van der Waals surface area contributed by atoms with Crippen molar-refractivity contribution in [1.29, 1.82) is 0 Å². The topological polar surface area (TPSA) is 104 Å². The normalized spacial score (nSPS) is 13.0. The van der Waals surface area contributed by atoms with Crippen molar-refractivity contribution in [3.63, 3.8) is 0 Å². The molecule has 1 atom stereocenters. The summed E-state index contributed by atoms with van der Waals surface area (Å²) in [5.41, 5.74) is 0.703. The van der Waals surface area contributed by atoms with Gasteiger partial charge in [-0.1, -0.05) is 18.2 Å². The molecule has 6 nitrogen and oxygen atoms in total. The van der Waals surface area contributed by atoms with Gasteiger partial charge in [0.1, 0.15) is 0 Å². The Morgan fingerprint density at radius 2 is 2.00 bits per heavy atom. The zero-order valence-electron chi connectivity index (χ0n) is 9.83. The minimum absolute atomic E-state index is 0.262. The lowest BCUT2D eigenvalue weighted by molar-refractivity contribution is -0.136. The van der Waals surface area contributed by atoms with Crippen LogP contribution in [0.5, 0.6) is 0 Å². The van der Waals surface area contributed by atoms with E-state index in [9.17, 15) is 18.3 Å². The van der Waals surface area contributed by atoms with Gasteiger partial charge in [-0.15, -0.1) is 0 Å². The Morgan fingerprint density at radius 3 is 2.56 bits per heavy atom. The van der Waals surface area contributed by atoms with Crippen LogP contribution in [0, 0.1) is 0 Å². The number of aliphatic carboxylic acids is 1. The predicted molar refractivity (Wildman–Crippen MR) is 66.7 cm³/mol. The second-order valence-corrected chi connectivity index (χ2v) is 5.67. The molecule has 100 valence electrons. The molecule has 0 spiro atoms. The average molecular weight is 273 g/mol. The molecule has 0 aliphatic carbocycles. The number of sulfonamides is 1. The molecule has 0 saturated carbocycles. The summed E-state index contributed by atoms with van der Waals surface area (Å²) >= 11 is 0. The lowest BCUT2D eigenvalue weighted by Gasteiger charge is -2.13. The zero-order valence-corrected chi connectivity index (χ0v) is 10.6. The van der Waals surface area contributed by atoms with Crippen LogP contribution in [0.3, 0.4) is 0 Å². The van der Waals surface area contributed by atoms with E-state index in [-0.39, 0.29) is 5.69 Å². The summed E-state index contributed by atoms with van der Waals surface area (Å²) in [5.74, 6) is -1.68. The molecule has 18 heavy (non-hydrogen) atoms. The molecular formula is C11H15NO5S. The molecular weight excluding hydrogens is 258 g/mol. The minimum Gasteiger partial charge on any atom is -0.481 e. The van der Waals surface area contributed by atoms with Crippen molar-refractivity contribution in [2.75, 3.05) is 10.5 Å². The van der Waals surface area contributed by atoms with E-state index in [1.165, 1.54) is 13.0 Å². The number of hydrogen-bond donors (Lipinski definition) is 3. The molecule has 0 aromatic heterocycles. The van der Waals surface area contributed by atoms with Gasteiger partial charge >= 0.3 is 5.97 Å². The van der Waals surface area contributed by atoms with Crippen LogP contribution in [0.25, 0.3) is 0 Å². The summed E-state index contributed by atoms with van der Waals surface area (Å²) in [6.45, 7) is 1.52. The first-order valence-corrected chi connectivity index (χ1v) is 6.96. The Bertz CT molecular complexity index is 524. The van der Waals surface area contributed by atoms with Crippen molar-refractivity contribution >= 4 is 21.7 Å². The van der Waals surface area contributed by atoms with Crippen molar-refractivity contribution in [1.82, 2.24) is 0 Å². The lowest BCUT2D eigenvalue weighted by Crippen LogP contribution is -2.20. The van der Waals surface area contributed by atoms with Gasteiger partial charge in [0.15, 0.2) is 0 Å². The molecule has 1 aromatic carbocycles. The highest BCUT2D eigenvalue weighted by molar-refractivity contribution is 7.92. The molecule has 0 bridgehead atoms. The van der Waals surface area contributed by atoms with E-state index in [2.05, 4.69) is 4.72 Å². The fraction of sp³-hybridized carbons (Fsp3) is 0.364. The predicted octanol–water partition coefficient (Wildman–Crippen LogP) is 0.956. The minimum atomic E-state index is -3.73. The van der Waals surface area contributed by atoms with Crippen LogP contribution in [0.4, 0.5) is 5.69 Å². The molecule has 7 heteroatoms. The van der Waals surface area contributed by atoms with E-state index in [4.69, 9.17) is 5.11 Å². The van der Waals surface area contributed by atoms with Gasteiger partial charge in [-0.05, 0) is 13.0 Å². The summed E-state index contributed by atoms with van der Waals surface area (Å²) in [6, 6.07) is 6.41. The smallest absolute Gasteiger partial charge is 0.304 e. The highest BCUT2D eigenvalue weighted by Gasteiger charge is 2.16. The number of rotatable bonds is 6. The van der Waals surface area contributed by atoms with Crippen LogP contribution in [0.15, 0.2) is 24.3 Å². The summed E-state index contributed by atoms with van der Waals surface area (Å²) < 4.78 is 25.5. The Morgan fingerprint density at radius 1 is 1.39 bits per heavy atom. The first-order valence-electron chi connectivity index (χ1n) is 5.31. The van der Waals surface area contributed by atoms with E-state index < -0.39 is 34.3 Å². The van der Waals surface area contributed by atoms with Crippen LogP contribution in [0.1, 0.15) is 25.0 Å². The van der Waals surface area contributed by atoms with E-state index in [0.29, 0.717) is 5.56 Å². The van der Waals surface area contributed by atoms with Gasteiger partial charge in [0, 0.05) is 5.56 Å². The van der Waals surface area contributed by atoms with Crippen molar-refractivity contribution in [3.8, 4) is 0 Å². The molecule has 0 aliphatic heterocycles. The fourth-order valence-corrected chi connectivity index (χ4v) is 2.46. The molecule has 0 radical (unpaired) electrons. The maximum Gasteiger partial charge on any atom is 0.304 e. The maximum atomic E-state index is 11.6. The van der Waals surface area contributed by atoms with Gasteiger partial charge in [0.05, 0.1) is 24.0 Å². The third-order valence-corrected chi connectivity index (χ3v) is 3.53. The van der Waals surface area contributed by atoms with Gasteiger partial charge < -0.3 is 10.2 Å². The molecule has 1 unspecified atom stereocenters. The van der Waals surface area contributed by atoms with Crippen LogP contribution in [-0.4, -0.2) is 30.4 Å². The first kappa shape index (κ1) is 14.5. The SMILES string of the molecule is CC(O)c1ccccc1NS(=O)(=O)CCC(=O)O. The van der Waals surface area contributed by atoms with Gasteiger partial charge in [-0.3, -0.25) is 9.52 Å². The number of hydrogen-bond acceptors (Lipinski definition) is 4. The van der Waals surface area contributed by atoms with Crippen molar-refractivity contribution in [3.05, 3.63) is 29.8 Å². The third kappa shape index (κ3) is 4.34. The number of anilines is 1. The summed E-state index contributed by atoms with van der Waals surface area (Å²) in [7, 11) is -3.73. The molecule has 1 rings (SSSR count). The summed E-state index contributed by atoms with van der Waals surface area (Å²) in [4.78, 5) is 10.3. The number of carbonyl (C=O) groups is 1. The number of para-hydroxylation sites is 1. The van der Waals surface area contributed by atoms with Crippen molar-refractivity contribution in [2.45, 2.75) is 19.4 Å². The lowest BCUT2D eigenvalue weighted by atomic mass is 10.1. The highest BCUT2D eigenvalue weighted by Crippen LogP contribution is 2.23. The Balaban J connectivity index is 2.87. The number of aliphatic hydroxyl groups is 1. The van der Waals surface area contributed by atoms with E-state index >= 15 is 0 Å². The number of aliphatic hydroxyl groups excluding tert-OH is 1. The number of carboxylic acids is 1. The summed E-state index contributed by atoms with van der Waals surface area (Å²) in [6.07, 6.45) is -1.28. The number of carboxylic acid groups (broad SMARTS) is 1. The Kier molecular flexibility index (Phi) is 4.69. The van der Waals surface area contributed by atoms with Crippen LogP contribution >= 0.6 is 0 Å².